The highest BCUT2D eigenvalue weighted by molar-refractivity contribution is 5.87. The smallest absolute Gasteiger partial charge is 0.335 e. The zero-order valence-corrected chi connectivity index (χ0v) is 8.50. The monoisotopic (exact) mass is 217 g/mol. The fraction of sp³-hybridized carbons (Fsp3) is 0.0833. The van der Waals surface area contributed by atoms with E-state index in [4.69, 9.17) is 10.2 Å². The maximum absolute atomic E-state index is 10.7. The summed E-state index contributed by atoms with van der Waals surface area (Å²) in [6, 6.07) is 10.1. The lowest BCUT2D eigenvalue weighted by atomic mass is 10.2. The summed E-state index contributed by atoms with van der Waals surface area (Å²) >= 11 is 0. The molecular formula is C12H11NO3. The Morgan fingerprint density at radius 2 is 1.88 bits per heavy atom. The summed E-state index contributed by atoms with van der Waals surface area (Å²) in [6.45, 7) is -0.0479. The Bertz CT molecular complexity index is 499. The topological polar surface area (TPSA) is 62.5 Å². The average molecular weight is 217 g/mol. The first-order valence-corrected chi connectivity index (χ1v) is 4.83. The lowest BCUT2D eigenvalue weighted by Gasteiger charge is -2.07. The van der Waals surface area contributed by atoms with Crippen LogP contribution in [-0.2, 0) is 6.61 Å². The van der Waals surface area contributed by atoms with Gasteiger partial charge in [-0.1, -0.05) is 0 Å². The Morgan fingerprint density at radius 1 is 1.19 bits per heavy atom. The summed E-state index contributed by atoms with van der Waals surface area (Å²) in [5, 5.41) is 17.9. The van der Waals surface area contributed by atoms with Gasteiger partial charge in [0.15, 0.2) is 0 Å². The summed E-state index contributed by atoms with van der Waals surface area (Å²) in [5.74, 6) is -0.943. The molecule has 0 unspecified atom stereocenters. The minimum absolute atomic E-state index is 0.0479. The SMILES string of the molecule is O=C(O)c1ccc(-n2cccc2CO)cc1. The lowest BCUT2D eigenvalue weighted by Crippen LogP contribution is -2.00. The number of carboxylic acid groups (broad SMARTS) is 1. The summed E-state index contributed by atoms with van der Waals surface area (Å²) in [6.07, 6.45) is 1.82. The minimum atomic E-state index is -0.943. The maximum Gasteiger partial charge on any atom is 0.335 e. The largest absolute Gasteiger partial charge is 0.478 e. The molecule has 82 valence electrons. The van der Waals surface area contributed by atoms with Crippen molar-refractivity contribution in [3.8, 4) is 5.69 Å². The first-order chi connectivity index (χ1) is 7.72. The second kappa shape index (κ2) is 4.20. The second-order valence-corrected chi connectivity index (χ2v) is 3.38. The standard InChI is InChI=1S/C12H11NO3/c14-8-11-2-1-7-13(11)10-5-3-9(4-6-10)12(15)16/h1-7,14H,8H2,(H,15,16). The van der Waals surface area contributed by atoms with Crippen LogP contribution in [0.4, 0.5) is 0 Å². The van der Waals surface area contributed by atoms with Crippen molar-refractivity contribution < 1.29 is 15.0 Å². The normalized spacial score (nSPS) is 10.3. The predicted octanol–water partition coefficient (Wildman–Crippen LogP) is 1.67. The highest BCUT2D eigenvalue weighted by Gasteiger charge is 2.04. The van der Waals surface area contributed by atoms with Crippen LogP contribution in [0.15, 0.2) is 42.6 Å². The number of hydrogen-bond acceptors (Lipinski definition) is 2. The Balaban J connectivity index is 2.38. The summed E-state index contributed by atoms with van der Waals surface area (Å²) in [7, 11) is 0. The van der Waals surface area contributed by atoms with Gasteiger partial charge in [0.2, 0.25) is 0 Å². The van der Waals surface area contributed by atoms with E-state index in [-0.39, 0.29) is 12.2 Å². The van der Waals surface area contributed by atoms with Gasteiger partial charge in [-0.3, -0.25) is 0 Å². The summed E-state index contributed by atoms with van der Waals surface area (Å²) < 4.78 is 1.81. The van der Waals surface area contributed by atoms with Gasteiger partial charge in [-0.2, -0.15) is 0 Å². The number of aliphatic hydroxyl groups excluding tert-OH is 1. The van der Waals surface area contributed by atoms with Crippen LogP contribution in [0.3, 0.4) is 0 Å². The third-order valence-corrected chi connectivity index (χ3v) is 2.39. The van der Waals surface area contributed by atoms with Gasteiger partial charge in [0, 0.05) is 17.6 Å². The van der Waals surface area contributed by atoms with E-state index in [2.05, 4.69) is 0 Å². The van der Waals surface area contributed by atoms with E-state index >= 15 is 0 Å². The molecule has 0 aliphatic rings. The van der Waals surface area contributed by atoms with Crippen LogP contribution in [0.2, 0.25) is 0 Å². The minimum Gasteiger partial charge on any atom is -0.478 e. The molecule has 2 rings (SSSR count). The zero-order chi connectivity index (χ0) is 11.5. The molecular weight excluding hydrogens is 206 g/mol. The van der Waals surface area contributed by atoms with Crippen LogP contribution in [0.5, 0.6) is 0 Å². The Hall–Kier alpha value is -2.07. The van der Waals surface area contributed by atoms with E-state index in [9.17, 15) is 4.79 Å². The number of rotatable bonds is 3. The van der Waals surface area contributed by atoms with Crippen LogP contribution in [-0.4, -0.2) is 20.7 Å². The number of carbonyl (C=O) groups is 1. The van der Waals surface area contributed by atoms with Crippen molar-refractivity contribution >= 4 is 5.97 Å². The van der Waals surface area contributed by atoms with Gasteiger partial charge in [0.1, 0.15) is 0 Å². The fourth-order valence-corrected chi connectivity index (χ4v) is 1.56. The van der Waals surface area contributed by atoms with Crippen molar-refractivity contribution in [2.75, 3.05) is 0 Å². The van der Waals surface area contributed by atoms with E-state index in [1.807, 2.05) is 22.9 Å². The molecule has 0 spiro atoms. The van der Waals surface area contributed by atoms with Gasteiger partial charge in [-0.15, -0.1) is 0 Å². The number of aromatic carboxylic acids is 1. The highest BCUT2D eigenvalue weighted by Crippen LogP contribution is 2.13. The van der Waals surface area contributed by atoms with Crippen LogP contribution in [0.1, 0.15) is 16.1 Å². The first-order valence-electron chi connectivity index (χ1n) is 4.83. The zero-order valence-electron chi connectivity index (χ0n) is 8.50. The van der Waals surface area contributed by atoms with Crippen molar-refractivity contribution in [2.24, 2.45) is 0 Å². The van der Waals surface area contributed by atoms with Crippen LogP contribution in [0.25, 0.3) is 5.69 Å². The van der Waals surface area contributed by atoms with Gasteiger partial charge >= 0.3 is 5.97 Å². The molecule has 0 radical (unpaired) electrons. The second-order valence-electron chi connectivity index (χ2n) is 3.38. The first kappa shape index (κ1) is 10.4. The Kier molecular flexibility index (Phi) is 2.74. The predicted molar refractivity (Wildman–Crippen MR) is 58.7 cm³/mol. The van der Waals surface area contributed by atoms with Gasteiger partial charge in [-0.05, 0) is 36.4 Å². The molecule has 4 heteroatoms. The third-order valence-electron chi connectivity index (χ3n) is 2.39. The molecule has 0 saturated heterocycles. The molecule has 0 amide bonds. The number of carboxylic acids is 1. The number of aromatic nitrogens is 1. The van der Waals surface area contributed by atoms with E-state index in [1.54, 1.807) is 24.3 Å². The molecule has 1 heterocycles. The quantitative estimate of drug-likeness (QED) is 0.822. The van der Waals surface area contributed by atoms with Crippen LogP contribution >= 0.6 is 0 Å². The van der Waals surface area contributed by atoms with Gasteiger partial charge in [-0.25, -0.2) is 4.79 Å². The maximum atomic E-state index is 10.7. The Morgan fingerprint density at radius 3 is 2.44 bits per heavy atom. The average Bonchev–Trinajstić information content (AvgIpc) is 2.77. The molecule has 0 aliphatic carbocycles. The molecule has 1 aromatic heterocycles. The molecule has 2 aromatic rings. The number of aliphatic hydroxyl groups is 1. The van der Waals surface area contributed by atoms with Crippen molar-refractivity contribution in [3.05, 3.63) is 53.9 Å². The molecule has 2 N–H and O–H groups in total. The van der Waals surface area contributed by atoms with E-state index in [1.165, 1.54) is 0 Å². The molecule has 0 fully saturated rings. The highest BCUT2D eigenvalue weighted by atomic mass is 16.4. The van der Waals surface area contributed by atoms with Gasteiger partial charge in [0.05, 0.1) is 12.2 Å². The molecule has 1 aromatic carbocycles. The summed E-state index contributed by atoms with van der Waals surface area (Å²) in [4.78, 5) is 10.7. The molecule has 16 heavy (non-hydrogen) atoms. The van der Waals surface area contributed by atoms with E-state index in [0.29, 0.717) is 0 Å². The lowest BCUT2D eigenvalue weighted by molar-refractivity contribution is 0.0697. The number of hydrogen-bond donors (Lipinski definition) is 2. The molecule has 4 nitrogen and oxygen atoms in total. The molecule has 0 aliphatic heterocycles. The van der Waals surface area contributed by atoms with Crippen molar-refractivity contribution in [1.82, 2.24) is 4.57 Å². The van der Waals surface area contributed by atoms with Gasteiger partial charge < -0.3 is 14.8 Å². The van der Waals surface area contributed by atoms with Crippen molar-refractivity contribution in [1.29, 1.82) is 0 Å². The van der Waals surface area contributed by atoms with Crippen molar-refractivity contribution in [2.45, 2.75) is 6.61 Å². The van der Waals surface area contributed by atoms with Crippen LogP contribution in [0, 0.1) is 0 Å². The number of nitrogens with zero attached hydrogens (tertiary/aromatic N) is 1. The van der Waals surface area contributed by atoms with E-state index < -0.39 is 5.97 Å². The van der Waals surface area contributed by atoms with Crippen molar-refractivity contribution in [3.63, 3.8) is 0 Å². The molecule has 0 atom stereocenters. The molecule has 0 saturated carbocycles. The third kappa shape index (κ3) is 1.83. The van der Waals surface area contributed by atoms with E-state index in [0.717, 1.165) is 11.4 Å². The molecule has 0 bridgehead atoms. The Labute approximate surface area is 92.4 Å². The summed E-state index contributed by atoms with van der Waals surface area (Å²) in [5.41, 5.74) is 1.85. The van der Waals surface area contributed by atoms with Crippen LogP contribution < -0.4 is 0 Å². The fourth-order valence-electron chi connectivity index (χ4n) is 1.56. The number of benzene rings is 1. The van der Waals surface area contributed by atoms with Gasteiger partial charge in [0.25, 0.3) is 0 Å².